The highest BCUT2D eigenvalue weighted by atomic mass is 79.9. The number of hydrogen-bond acceptors (Lipinski definition) is 2. The maximum Gasteiger partial charge on any atom is 0.257 e. The van der Waals surface area contributed by atoms with Crippen molar-refractivity contribution in [2.45, 2.75) is 0 Å². The highest BCUT2D eigenvalue weighted by Gasteiger charge is 2.22. The molecule has 1 heterocycles. The molecule has 0 radical (unpaired) electrons. The van der Waals surface area contributed by atoms with Gasteiger partial charge in [0.2, 0.25) is 0 Å². The van der Waals surface area contributed by atoms with Crippen LogP contribution in [-0.2, 0) is 0 Å². The summed E-state index contributed by atoms with van der Waals surface area (Å²) in [6.45, 7) is 0. The fourth-order valence-electron chi connectivity index (χ4n) is 2.01. The van der Waals surface area contributed by atoms with E-state index < -0.39 is 0 Å². The Morgan fingerprint density at radius 2 is 1.10 bits per heavy atom. The molecular formula is C14H8Br2N2O2. The molecule has 2 amide bonds. The monoisotopic (exact) mass is 394 g/mol. The predicted molar refractivity (Wildman–Crippen MR) is 84.2 cm³/mol. The summed E-state index contributed by atoms with van der Waals surface area (Å²) in [4.78, 5) is 24.5. The van der Waals surface area contributed by atoms with Gasteiger partial charge in [0.1, 0.15) is 0 Å². The van der Waals surface area contributed by atoms with Crippen LogP contribution < -0.4 is 10.6 Å². The fourth-order valence-corrected chi connectivity index (χ4v) is 2.73. The first-order valence-electron chi connectivity index (χ1n) is 5.76. The molecule has 2 aromatic rings. The van der Waals surface area contributed by atoms with Gasteiger partial charge in [-0.15, -0.1) is 0 Å². The number of anilines is 2. The van der Waals surface area contributed by atoms with E-state index in [-0.39, 0.29) is 11.8 Å². The molecule has 2 aromatic carbocycles. The third-order valence-corrected chi connectivity index (χ3v) is 3.94. The lowest BCUT2D eigenvalue weighted by molar-refractivity contribution is 0.102. The Morgan fingerprint density at radius 3 is 1.50 bits per heavy atom. The average Bonchev–Trinajstić information content (AvgIpc) is 2.41. The number of fused-ring (bicyclic) bond motifs is 2. The summed E-state index contributed by atoms with van der Waals surface area (Å²) in [6, 6.07) is 10.3. The van der Waals surface area contributed by atoms with E-state index in [0.717, 1.165) is 8.95 Å². The minimum absolute atomic E-state index is 0.259. The van der Waals surface area contributed by atoms with Crippen LogP contribution in [0.1, 0.15) is 20.7 Å². The van der Waals surface area contributed by atoms with Gasteiger partial charge in [-0.05, 0) is 36.4 Å². The maximum atomic E-state index is 12.3. The summed E-state index contributed by atoms with van der Waals surface area (Å²) in [7, 11) is 0. The van der Waals surface area contributed by atoms with E-state index in [1.807, 2.05) is 0 Å². The maximum absolute atomic E-state index is 12.3. The largest absolute Gasteiger partial charge is 0.321 e. The molecule has 3 rings (SSSR count). The van der Waals surface area contributed by atoms with Crippen molar-refractivity contribution in [3.8, 4) is 0 Å². The summed E-state index contributed by atoms with van der Waals surface area (Å²) in [6.07, 6.45) is 0. The number of benzene rings is 2. The number of halogens is 2. The van der Waals surface area contributed by atoms with Crippen molar-refractivity contribution >= 4 is 55.0 Å². The second kappa shape index (κ2) is 5.03. The lowest BCUT2D eigenvalue weighted by Crippen LogP contribution is -2.24. The molecule has 0 aliphatic carbocycles. The number of rotatable bonds is 0. The van der Waals surface area contributed by atoms with Gasteiger partial charge in [-0.2, -0.15) is 0 Å². The lowest BCUT2D eigenvalue weighted by Gasteiger charge is -2.18. The standard InChI is InChI=1S/C14H8Br2N2O2/c15-7-1-3-11-9(5-7)13(19)18-12-4-2-8(16)6-10(12)14(20)17-11/h1-6H,(H,17,20)(H,18,19). The molecule has 20 heavy (non-hydrogen) atoms. The average molecular weight is 396 g/mol. The number of nitrogens with one attached hydrogen (secondary N) is 2. The molecule has 1 aliphatic heterocycles. The summed E-state index contributed by atoms with van der Waals surface area (Å²) >= 11 is 6.64. The molecule has 0 saturated heterocycles. The highest BCUT2D eigenvalue weighted by Crippen LogP contribution is 2.28. The van der Waals surface area contributed by atoms with Gasteiger partial charge in [-0.25, -0.2) is 0 Å². The Balaban J connectivity index is 2.15. The number of carbonyl (C=O) groups excluding carboxylic acids is 2. The van der Waals surface area contributed by atoms with Gasteiger partial charge in [0.25, 0.3) is 11.8 Å². The molecule has 0 saturated carbocycles. The Hall–Kier alpha value is -1.66. The molecule has 0 spiro atoms. The van der Waals surface area contributed by atoms with Gasteiger partial charge in [-0.3, -0.25) is 9.59 Å². The lowest BCUT2D eigenvalue weighted by atomic mass is 10.1. The molecule has 4 nitrogen and oxygen atoms in total. The van der Waals surface area contributed by atoms with Crippen molar-refractivity contribution in [2.75, 3.05) is 10.6 Å². The van der Waals surface area contributed by atoms with Crippen molar-refractivity contribution in [2.24, 2.45) is 0 Å². The van der Waals surface area contributed by atoms with Crippen molar-refractivity contribution in [1.82, 2.24) is 0 Å². The SMILES string of the molecule is O=C1Nc2ccc(Br)cc2C(=O)Nc2ccc(Br)cc21. The zero-order chi connectivity index (χ0) is 14.3. The van der Waals surface area contributed by atoms with E-state index in [4.69, 9.17) is 0 Å². The van der Waals surface area contributed by atoms with Crippen molar-refractivity contribution in [1.29, 1.82) is 0 Å². The molecule has 0 aromatic heterocycles. The van der Waals surface area contributed by atoms with E-state index in [9.17, 15) is 9.59 Å². The number of carbonyl (C=O) groups is 2. The first-order valence-corrected chi connectivity index (χ1v) is 7.35. The van der Waals surface area contributed by atoms with Crippen LogP contribution in [0.2, 0.25) is 0 Å². The Morgan fingerprint density at radius 1 is 0.700 bits per heavy atom. The van der Waals surface area contributed by atoms with Crippen LogP contribution in [0.25, 0.3) is 0 Å². The second-order valence-corrected chi connectivity index (χ2v) is 6.12. The van der Waals surface area contributed by atoms with E-state index in [1.54, 1.807) is 36.4 Å². The molecule has 2 N–H and O–H groups in total. The molecule has 1 aliphatic rings. The van der Waals surface area contributed by atoms with Crippen LogP contribution in [0.5, 0.6) is 0 Å². The molecular weight excluding hydrogens is 388 g/mol. The summed E-state index contributed by atoms with van der Waals surface area (Å²) in [5, 5.41) is 5.52. The third-order valence-electron chi connectivity index (χ3n) is 2.95. The first-order chi connectivity index (χ1) is 9.54. The Bertz CT molecular complexity index is 680. The smallest absolute Gasteiger partial charge is 0.257 e. The van der Waals surface area contributed by atoms with Crippen molar-refractivity contribution < 1.29 is 9.59 Å². The quantitative estimate of drug-likeness (QED) is 0.707. The molecule has 6 heteroatoms. The summed E-state index contributed by atoms with van der Waals surface area (Å²) in [5.74, 6) is -0.519. The zero-order valence-electron chi connectivity index (χ0n) is 10.0. The van der Waals surface area contributed by atoms with Crippen LogP contribution >= 0.6 is 31.9 Å². The van der Waals surface area contributed by atoms with Gasteiger partial charge in [-0.1, -0.05) is 31.9 Å². The second-order valence-electron chi connectivity index (χ2n) is 4.29. The van der Waals surface area contributed by atoms with Gasteiger partial charge in [0.05, 0.1) is 22.5 Å². The number of amides is 2. The van der Waals surface area contributed by atoms with Crippen LogP contribution in [-0.4, -0.2) is 11.8 Å². The molecule has 0 fully saturated rings. The van der Waals surface area contributed by atoms with E-state index in [2.05, 4.69) is 42.5 Å². The zero-order valence-corrected chi connectivity index (χ0v) is 13.2. The molecule has 0 unspecified atom stereocenters. The Kier molecular flexibility index (Phi) is 3.35. The van der Waals surface area contributed by atoms with Crippen LogP contribution in [0.3, 0.4) is 0 Å². The minimum atomic E-state index is -0.259. The van der Waals surface area contributed by atoms with E-state index in [0.29, 0.717) is 22.5 Å². The van der Waals surface area contributed by atoms with E-state index in [1.165, 1.54) is 0 Å². The molecule has 100 valence electrons. The fraction of sp³-hybridized carbons (Fsp3) is 0. The minimum Gasteiger partial charge on any atom is -0.321 e. The molecule has 0 atom stereocenters. The van der Waals surface area contributed by atoms with Crippen LogP contribution in [0, 0.1) is 0 Å². The van der Waals surface area contributed by atoms with Gasteiger partial charge in [0.15, 0.2) is 0 Å². The Labute approximate surface area is 131 Å². The first kappa shape index (κ1) is 13.3. The topological polar surface area (TPSA) is 58.2 Å². The van der Waals surface area contributed by atoms with Crippen LogP contribution in [0.4, 0.5) is 11.4 Å². The highest BCUT2D eigenvalue weighted by molar-refractivity contribution is 9.10. The van der Waals surface area contributed by atoms with Gasteiger partial charge < -0.3 is 10.6 Å². The van der Waals surface area contributed by atoms with Crippen molar-refractivity contribution in [3.05, 3.63) is 56.5 Å². The van der Waals surface area contributed by atoms with Crippen LogP contribution in [0.15, 0.2) is 45.3 Å². The van der Waals surface area contributed by atoms with Crippen molar-refractivity contribution in [3.63, 3.8) is 0 Å². The number of hydrogen-bond donors (Lipinski definition) is 2. The summed E-state index contributed by atoms with van der Waals surface area (Å²) < 4.78 is 1.55. The summed E-state index contributed by atoms with van der Waals surface area (Å²) in [5.41, 5.74) is 1.81. The molecule has 0 bridgehead atoms. The van der Waals surface area contributed by atoms with E-state index >= 15 is 0 Å². The normalized spacial score (nSPS) is 13.5. The van der Waals surface area contributed by atoms with Gasteiger partial charge >= 0.3 is 0 Å². The van der Waals surface area contributed by atoms with Gasteiger partial charge in [0, 0.05) is 8.95 Å². The predicted octanol–water partition coefficient (Wildman–Crippen LogP) is 4.03. The third kappa shape index (κ3) is 2.36.